The number of benzene rings is 2. The summed E-state index contributed by atoms with van der Waals surface area (Å²) in [4.78, 5) is 14.3. The second-order valence-corrected chi connectivity index (χ2v) is 11.5. The van der Waals surface area contributed by atoms with Crippen molar-refractivity contribution >= 4 is 5.97 Å². The van der Waals surface area contributed by atoms with Gasteiger partial charge in [-0.3, -0.25) is 4.90 Å². The molecule has 9 heteroatoms. The number of nitrogens with zero attached hydrogens (tertiary/aromatic N) is 1. The van der Waals surface area contributed by atoms with Crippen LogP contribution in [0.5, 0.6) is 0 Å². The van der Waals surface area contributed by atoms with Crippen molar-refractivity contribution in [3.05, 3.63) is 71.8 Å². The SMILES string of the molecule is COC(=O)COC1[C@H]2OC(C)(C)O[C@@H]2C(OCCN(Cc2ccccc2)Cc2ccccc2)[C@@H]2OC(C)(C)O[C@@H]12. The molecule has 0 radical (unpaired) electrons. The Morgan fingerprint density at radius 2 is 1.15 bits per heavy atom. The number of carbonyl (C=O) groups excluding carboxylic acids is 1. The molecule has 3 aliphatic rings. The zero-order valence-electron chi connectivity index (χ0n) is 24.0. The number of esters is 1. The topological polar surface area (TPSA) is 84.9 Å². The molecule has 9 nitrogen and oxygen atoms in total. The number of ether oxygens (including phenoxy) is 7. The molecule has 6 atom stereocenters. The minimum absolute atomic E-state index is 0.222. The van der Waals surface area contributed by atoms with Crippen LogP contribution < -0.4 is 0 Å². The number of rotatable bonds is 11. The summed E-state index contributed by atoms with van der Waals surface area (Å²) in [6.45, 7) is 9.98. The molecule has 0 amide bonds. The molecule has 2 aromatic rings. The van der Waals surface area contributed by atoms with Gasteiger partial charge in [0.05, 0.1) is 13.7 Å². The Morgan fingerprint density at radius 3 is 1.57 bits per heavy atom. The molecule has 218 valence electrons. The maximum atomic E-state index is 11.9. The van der Waals surface area contributed by atoms with Crippen LogP contribution in [0.1, 0.15) is 38.8 Å². The molecule has 2 saturated heterocycles. The van der Waals surface area contributed by atoms with Gasteiger partial charge in [-0.15, -0.1) is 0 Å². The Kier molecular flexibility index (Phi) is 8.92. The van der Waals surface area contributed by atoms with E-state index in [-0.39, 0.29) is 6.61 Å². The van der Waals surface area contributed by atoms with E-state index in [1.165, 1.54) is 18.2 Å². The molecular formula is C31H41NO8. The lowest BCUT2D eigenvalue weighted by Crippen LogP contribution is -2.63. The zero-order valence-corrected chi connectivity index (χ0v) is 24.0. The van der Waals surface area contributed by atoms with Crippen molar-refractivity contribution in [3.63, 3.8) is 0 Å². The first-order chi connectivity index (χ1) is 19.1. The van der Waals surface area contributed by atoms with Crippen molar-refractivity contribution in [3.8, 4) is 0 Å². The largest absolute Gasteiger partial charge is 0.467 e. The standard InChI is InChI=1S/C31H41NO8/c1-30(2)37-26-24(27-29(40-31(3,4)38-27)25(28(26)39-30)36-20-23(33)34-5)35-17-16-32(18-21-12-8-6-9-13-21)19-22-14-10-7-11-15-22/h6-15,24-29H,16-20H2,1-5H3/t24?,25?,26-,27+,28-,29+. The van der Waals surface area contributed by atoms with Gasteiger partial charge in [-0.1, -0.05) is 60.7 Å². The molecule has 2 unspecified atom stereocenters. The molecule has 2 heterocycles. The summed E-state index contributed by atoms with van der Waals surface area (Å²) < 4.78 is 42.7. The van der Waals surface area contributed by atoms with Crippen molar-refractivity contribution in [1.82, 2.24) is 4.90 Å². The quantitative estimate of drug-likeness (QED) is 0.386. The molecule has 0 spiro atoms. The van der Waals surface area contributed by atoms with E-state index in [0.717, 1.165) is 13.1 Å². The van der Waals surface area contributed by atoms with E-state index >= 15 is 0 Å². The Hall–Kier alpha value is -2.37. The van der Waals surface area contributed by atoms with Gasteiger partial charge in [-0.25, -0.2) is 4.79 Å². The fourth-order valence-electron chi connectivity index (χ4n) is 5.84. The lowest BCUT2D eigenvalue weighted by molar-refractivity contribution is -0.192. The highest BCUT2D eigenvalue weighted by Gasteiger charge is 2.64. The van der Waals surface area contributed by atoms with Crippen LogP contribution in [0.25, 0.3) is 0 Å². The Labute approximate surface area is 236 Å². The van der Waals surface area contributed by atoms with Crippen LogP contribution in [-0.4, -0.2) is 85.9 Å². The molecule has 0 N–H and O–H groups in total. The maximum absolute atomic E-state index is 11.9. The molecule has 2 aromatic carbocycles. The van der Waals surface area contributed by atoms with E-state index in [4.69, 9.17) is 33.2 Å². The number of hydrogen-bond donors (Lipinski definition) is 0. The van der Waals surface area contributed by atoms with Gasteiger partial charge in [-0.2, -0.15) is 0 Å². The van der Waals surface area contributed by atoms with Gasteiger partial charge in [0.25, 0.3) is 0 Å². The molecule has 0 aromatic heterocycles. The second kappa shape index (κ2) is 12.2. The Balaban J connectivity index is 1.32. The van der Waals surface area contributed by atoms with Crippen LogP contribution in [0.3, 0.4) is 0 Å². The summed E-state index contributed by atoms with van der Waals surface area (Å²) in [7, 11) is 1.33. The van der Waals surface area contributed by atoms with Crippen LogP contribution in [0.4, 0.5) is 0 Å². The van der Waals surface area contributed by atoms with Crippen LogP contribution in [0.15, 0.2) is 60.7 Å². The molecule has 1 aliphatic carbocycles. The highest BCUT2D eigenvalue weighted by Crippen LogP contribution is 2.46. The number of carbonyl (C=O) groups is 1. The lowest BCUT2D eigenvalue weighted by atomic mass is 9.84. The first-order valence-electron chi connectivity index (χ1n) is 14.0. The van der Waals surface area contributed by atoms with E-state index in [0.29, 0.717) is 13.2 Å². The van der Waals surface area contributed by atoms with Gasteiger partial charge in [0.15, 0.2) is 11.6 Å². The van der Waals surface area contributed by atoms with Gasteiger partial charge in [0.2, 0.25) is 0 Å². The minimum Gasteiger partial charge on any atom is -0.467 e. The smallest absolute Gasteiger partial charge is 0.331 e. The fraction of sp³-hybridized carbons (Fsp3) is 0.581. The third-order valence-electron chi connectivity index (χ3n) is 7.46. The molecule has 5 rings (SSSR count). The summed E-state index contributed by atoms with van der Waals surface area (Å²) in [6, 6.07) is 20.9. The van der Waals surface area contributed by atoms with Crippen molar-refractivity contribution < 1.29 is 38.0 Å². The molecule has 3 fully saturated rings. The Morgan fingerprint density at radius 1 is 0.725 bits per heavy atom. The maximum Gasteiger partial charge on any atom is 0.331 e. The normalized spacial score (nSPS) is 30.1. The molecule has 1 saturated carbocycles. The van der Waals surface area contributed by atoms with Crippen molar-refractivity contribution in [1.29, 1.82) is 0 Å². The predicted molar refractivity (Wildman–Crippen MR) is 146 cm³/mol. The summed E-state index contributed by atoms with van der Waals surface area (Å²) in [6.07, 6.45) is -2.99. The minimum atomic E-state index is -0.857. The van der Waals surface area contributed by atoms with Crippen LogP contribution in [-0.2, 0) is 51.0 Å². The molecule has 0 bridgehead atoms. The highest BCUT2D eigenvalue weighted by atomic mass is 16.8. The van der Waals surface area contributed by atoms with Crippen LogP contribution >= 0.6 is 0 Å². The van der Waals surface area contributed by atoms with Gasteiger partial charge < -0.3 is 33.2 Å². The average molecular weight is 556 g/mol. The number of hydrogen-bond acceptors (Lipinski definition) is 9. The van der Waals surface area contributed by atoms with E-state index in [1.807, 2.05) is 39.8 Å². The van der Waals surface area contributed by atoms with Crippen LogP contribution in [0, 0.1) is 0 Å². The van der Waals surface area contributed by atoms with E-state index in [9.17, 15) is 4.79 Å². The summed E-state index contributed by atoms with van der Waals surface area (Å²) in [5.41, 5.74) is 2.48. The zero-order chi connectivity index (χ0) is 28.3. The second-order valence-electron chi connectivity index (χ2n) is 11.5. The number of methoxy groups -OCH3 is 1. The van der Waals surface area contributed by atoms with Gasteiger partial charge in [0, 0.05) is 19.6 Å². The highest BCUT2D eigenvalue weighted by molar-refractivity contribution is 5.70. The third-order valence-corrected chi connectivity index (χ3v) is 7.46. The van der Waals surface area contributed by atoms with Crippen molar-refractivity contribution in [2.24, 2.45) is 0 Å². The Bertz CT molecular complexity index is 1040. The lowest BCUT2D eigenvalue weighted by Gasteiger charge is -2.42. The summed E-state index contributed by atoms with van der Waals surface area (Å²) in [5, 5.41) is 0. The van der Waals surface area contributed by atoms with Crippen molar-refractivity contribution in [2.75, 3.05) is 26.9 Å². The fourth-order valence-corrected chi connectivity index (χ4v) is 5.84. The molecular weight excluding hydrogens is 514 g/mol. The van der Waals surface area contributed by atoms with Crippen LogP contribution in [0.2, 0.25) is 0 Å². The van der Waals surface area contributed by atoms with Gasteiger partial charge >= 0.3 is 5.97 Å². The molecule has 2 aliphatic heterocycles. The average Bonchev–Trinajstić information content (AvgIpc) is 3.42. The molecule has 40 heavy (non-hydrogen) atoms. The van der Waals surface area contributed by atoms with E-state index < -0.39 is 54.2 Å². The third kappa shape index (κ3) is 6.91. The predicted octanol–water partition coefficient (Wildman–Crippen LogP) is 3.69. The monoisotopic (exact) mass is 555 g/mol. The van der Waals surface area contributed by atoms with Crippen molar-refractivity contribution in [2.45, 2.75) is 89.0 Å². The summed E-state index contributed by atoms with van der Waals surface area (Å²) >= 11 is 0. The van der Waals surface area contributed by atoms with E-state index in [1.54, 1.807) is 0 Å². The number of fused-ring (bicyclic) bond motifs is 2. The van der Waals surface area contributed by atoms with E-state index in [2.05, 4.69) is 53.4 Å². The first kappa shape index (κ1) is 29.1. The van der Waals surface area contributed by atoms with Gasteiger partial charge in [-0.05, 0) is 38.8 Å². The first-order valence-corrected chi connectivity index (χ1v) is 14.0. The summed E-state index contributed by atoms with van der Waals surface area (Å²) in [5.74, 6) is -2.19. The van der Waals surface area contributed by atoms with Gasteiger partial charge in [0.1, 0.15) is 43.2 Å².